The van der Waals surface area contributed by atoms with Crippen molar-refractivity contribution < 1.29 is 36.0 Å². The lowest BCUT2D eigenvalue weighted by Gasteiger charge is -2.12. The molecule has 0 unspecified atom stereocenters. The number of ketones is 2. The predicted molar refractivity (Wildman–Crippen MR) is 161 cm³/mol. The molecule has 0 aliphatic carbocycles. The van der Waals surface area contributed by atoms with Crippen molar-refractivity contribution >= 4 is 53.3 Å². The van der Waals surface area contributed by atoms with E-state index in [0.29, 0.717) is 6.21 Å². The Morgan fingerprint density at radius 1 is 0.744 bits per heavy atom. The number of nitrogens with zero attached hydrogens (tertiary/aromatic N) is 4. The summed E-state index contributed by atoms with van der Waals surface area (Å²) in [6, 6.07) is 24.1. The Hall–Kier alpha value is -4.86. The zero-order chi connectivity index (χ0) is 32.0. The first-order chi connectivity index (χ1) is 20.1. The highest BCUT2D eigenvalue weighted by Gasteiger charge is 2.43. The summed E-state index contributed by atoms with van der Waals surface area (Å²) >= 11 is 0. The van der Waals surface area contributed by atoms with Crippen molar-refractivity contribution in [2.75, 3.05) is 0 Å². The summed E-state index contributed by atoms with van der Waals surface area (Å²) in [5.41, 5.74) is 17.3. The van der Waals surface area contributed by atoms with E-state index >= 15 is 0 Å². The molecule has 0 saturated carbocycles. The zero-order valence-corrected chi connectivity index (χ0v) is 25.4. The second-order valence-electron chi connectivity index (χ2n) is 10.4. The largest absolute Gasteiger partial charge is 0.452 e. The van der Waals surface area contributed by atoms with Crippen LogP contribution in [0.15, 0.2) is 106 Å². The van der Waals surface area contributed by atoms with E-state index in [1.54, 1.807) is 57.2 Å². The highest BCUT2D eigenvalue weighted by Crippen LogP contribution is 2.27. The van der Waals surface area contributed by atoms with Crippen LogP contribution in [-0.2, 0) is 24.5 Å². The Balaban J connectivity index is 0.000000243. The molecule has 0 radical (unpaired) electrons. The van der Waals surface area contributed by atoms with Gasteiger partial charge in [0.2, 0.25) is 9.84 Å². The molecule has 0 aliphatic rings. The molecule has 4 rings (SSSR count). The van der Waals surface area contributed by atoms with Crippen LogP contribution in [-0.4, -0.2) is 49.2 Å². The minimum absolute atomic E-state index is 0.0385. The van der Waals surface area contributed by atoms with Gasteiger partial charge in [0, 0.05) is 11.0 Å². The Morgan fingerprint density at radius 3 is 1.88 bits per heavy atom. The highest BCUT2D eigenvalue weighted by molar-refractivity contribution is 8.08. The third kappa shape index (κ3) is 7.32. The molecule has 0 atom stereocenters. The highest BCUT2D eigenvalue weighted by atomic mass is 32.2. The average molecular weight is 617 g/mol. The lowest BCUT2D eigenvalue weighted by atomic mass is 9.91. The zero-order valence-electron chi connectivity index (χ0n) is 23.8. The normalized spacial score (nSPS) is 11.3. The Bertz CT molecular complexity index is 2030. The van der Waals surface area contributed by atoms with Gasteiger partial charge in [0.25, 0.3) is 21.4 Å². The van der Waals surface area contributed by atoms with Gasteiger partial charge in [-0.1, -0.05) is 80.9 Å². The molecule has 0 spiro atoms. The summed E-state index contributed by atoms with van der Waals surface area (Å²) in [7, 11) is -7.99. The van der Waals surface area contributed by atoms with Crippen LogP contribution in [0, 0.1) is 12.3 Å². The topological polar surface area (TPSA) is 175 Å². The summed E-state index contributed by atoms with van der Waals surface area (Å²) < 4.78 is 50.4. The fourth-order valence-corrected chi connectivity index (χ4v) is 6.73. The van der Waals surface area contributed by atoms with Gasteiger partial charge in [0.15, 0.2) is 0 Å². The Kier molecular flexibility index (Phi) is 9.85. The first-order valence-corrected chi connectivity index (χ1v) is 15.7. The Morgan fingerprint density at radius 2 is 1.30 bits per heavy atom. The van der Waals surface area contributed by atoms with Crippen LogP contribution in [0.4, 0.5) is 0 Å². The van der Waals surface area contributed by atoms with Crippen LogP contribution in [0.5, 0.6) is 0 Å². The van der Waals surface area contributed by atoms with Crippen LogP contribution >= 0.6 is 0 Å². The standard InChI is InChI=1S/C18H12N2O3S.C13H16N2O3S/c19-20-12-17(21)16-7-3-4-8-18(16)24(22,23)15-10-9-13-5-1-2-6-14(13)11-15;1-9-5-7-10(8-6-9)19(17,18)12(15-14)11(16)13(2,3)4/h1-12H;5-8H,1-4H3. The molecule has 0 aliphatic heterocycles. The molecule has 0 bridgehead atoms. The Labute approximate surface area is 249 Å². The molecule has 10 nitrogen and oxygen atoms in total. The second kappa shape index (κ2) is 13.0. The van der Waals surface area contributed by atoms with Gasteiger partial charge in [-0.2, -0.15) is 4.79 Å². The van der Waals surface area contributed by atoms with E-state index in [0.717, 1.165) is 16.3 Å². The molecule has 4 aromatic rings. The number of Topliss-reactive ketones (excluding diaryl/α,β-unsaturated/α-hetero) is 2. The predicted octanol–water partition coefficient (Wildman–Crippen LogP) is 5.17. The van der Waals surface area contributed by atoms with Crippen molar-refractivity contribution in [3.8, 4) is 0 Å². The number of rotatable bonds is 6. The summed E-state index contributed by atoms with van der Waals surface area (Å²) in [6.07, 6.45) is 0.675. The van der Waals surface area contributed by atoms with E-state index in [9.17, 15) is 26.4 Å². The average Bonchev–Trinajstić information content (AvgIpc) is 2.97. The van der Waals surface area contributed by atoms with Gasteiger partial charge in [0.05, 0.1) is 14.7 Å². The van der Waals surface area contributed by atoms with E-state index in [1.165, 1.54) is 30.3 Å². The summed E-state index contributed by atoms with van der Waals surface area (Å²) in [5.74, 6) is -1.41. The maximum absolute atomic E-state index is 12.9. The minimum atomic E-state index is -4.10. The van der Waals surface area contributed by atoms with Gasteiger partial charge < -0.3 is 11.1 Å². The van der Waals surface area contributed by atoms with E-state index in [2.05, 4.69) is 9.58 Å². The minimum Gasteiger partial charge on any atom is -0.361 e. The number of aryl methyl sites for hydroxylation is 1. The van der Waals surface area contributed by atoms with Crippen LogP contribution in [0.3, 0.4) is 0 Å². The van der Waals surface area contributed by atoms with E-state index in [1.807, 2.05) is 31.2 Å². The fraction of sp³-hybridized carbons (Fsp3) is 0.161. The second-order valence-corrected chi connectivity index (χ2v) is 14.2. The first-order valence-electron chi connectivity index (χ1n) is 12.8. The van der Waals surface area contributed by atoms with Crippen LogP contribution in [0.25, 0.3) is 21.8 Å². The lowest BCUT2D eigenvalue weighted by Crippen LogP contribution is -2.34. The van der Waals surface area contributed by atoms with Gasteiger partial charge >= 0.3 is 11.3 Å². The van der Waals surface area contributed by atoms with E-state index in [-0.39, 0.29) is 20.2 Å². The molecule has 0 saturated heterocycles. The van der Waals surface area contributed by atoms with Gasteiger partial charge in [-0.25, -0.2) is 16.8 Å². The molecule has 220 valence electrons. The molecule has 0 N–H and O–H groups in total. The number of benzene rings is 4. The van der Waals surface area contributed by atoms with Crippen LogP contribution < -0.4 is 0 Å². The molecular formula is C31H28N4O6S2. The first kappa shape index (κ1) is 32.7. The van der Waals surface area contributed by atoms with Gasteiger partial charge in [-0.3, -0.25) is 9.59 Å². The molecule has 0 fully saturated rings. The maximum Gasteiger partial charge on any atom is 0.452 e. The molecule has 0 aromatic heterocycles. The number of sulfone groups is 2. The quantitative estimate of drug-likeness (QED) is 0.0949. The van der Waals surface area contributed by atoms with Crippen LogP contribution in [0.1, 0.15) is 36.7 Å². The van der Waals surface area contributed by atoms with Gasteiger partial charge in [-0.05, 0) is 54.1 Å². The van der Waals surface area contributed by atoms with Gasteiger partial charge in [0.1, 0.15) is 0 Å². The van der Waals surface area contributed by atoms with Crippen molar-refractivity contribution in [2.24, 2.45) is 5.41 Å². The van der Waals surface area contributed by atoms with Crippen LogP contribution in [0.2, 0.25) is 0 Å². The van der Waals surface area contributed by atoms with Gasteiger partial charge in [-0.15, -0.1) is 4.79 Å². The number of hydrogen-bond donors (Lipinski definition) is 0. The van der Waals surface area contributed by atoms with Crippen molar-refractivity contribution in [1.82, 2.24) is 0 Å². The molecule has 0 heterocycles. The van der Waals surface area contributed by atoms with Crippen molar-refractivity contribution in [2.45, 2.75) is 42.4 Å². The number of hydrogen-bond acceptors (Lipinski definition) is 6. The summed E-state index contributed by atoms with van der Waals surface area (Å²) in [4.78, 5) is 29.3. The third-order valence-corrected chi connectivity index (χ3v) is 9.68. The molecule has 4 aromatic carbocycles. The van der Waals surface area contributed by atoms with E-state index in [4.69, 9.17) is 11.1 Å². The molecule has 43 heavy (non-hydrogen) atoms. The monoisotopic (exact) mass is 616 g/mol. The van der Waals surface area contributed by atoms with Crippen molar-refractivity contribution in [3.63, 3.8) is 0 Å². The van der Waals surface area contributed by atoms with E-state index < -0.39 is 41.7 Å². The number of carbonyl (C=O) groups is 2. The summed E-state index contributed by atoms with van der Waals surface area (Å²) in [5, 5.41) is 0.886. The number of fused-ring (bicyclic) bond motifs is 1. The smallest absolute Gasteiger partial charge is 0.361 e. The third-order valence-electron chi connectivity index (χ3n) is 6.20. The van der Waals surface area contributed by atoms with Crippen molar-refractivity contribution in [3.05, 3.63) is 113 Å². The van der Waals surface area contributed by atoms with Crippen molar-refractivity contribution in [1.29, 1.82) is 0 Å². The fourth-order valence-electron chi connectivity index (χ4n) is 3.86. The maximum atomic E-state index is 12.9. The lowest BCUT2D eigenvalue weighted by molar-refractivity contribution is -0.123. The molecular weight excluding hydrogens is 588 g/mol. The molecule has 0 amide bonds. The summed E-state index contributed by atoms with van der Waals surface area (Å²) in [6.45, 7) is 6.50. The SMILES string of the molecule is Cc1ccc(S(=O)(=O)C(=[N+]=[N-])C(=O)C(C)(C)C)cc1.[N-]=[N+]=CC(=O)c1ccccc1S(=O)(=O)c1ccc2ccccc2c1. The number of carbonyl (C=O) groups excluding carboxylic acids is 2. The molecule has 12 heteroatoms.